The molecule has 1 N–H and O–H groups in total. The fraction of sp³-hybridized carbons (Fsp3) is 0.200. The van der Waals surface area contributed by atoms with Crippen LogP contribution in [0.2, 0.25) is 0 Å². The van der Waals surface area contributed by atoms with Crippen LogP contribution in [0.5, 0.6) is 5.75 Å². The number of fused-ring (bicyclic) bond motifs is 1. The monoisotopic (exact) mass is 288 g/mol. The van der Waals surface area contributed by atoms with Gasteiger partial charge in [0.05, 0.1) is 4.88 Å². The van der Waals surface area contributed by atoms with E-state index in [4.69, 9.17) is 0 Å². The topological polar surface area (TPSA) is 20.2 Å². The zero-order valence-corrected chi connectivity index (χ0v) is 10.8. The van der Waals surface area contributed by atoms with Gasteiger partial charge in [-0.05, 0) is 18.4 Å². The molecular weight excluding hydrogens is 280 g/mol. The molecule has 0 aliphatic rings. The molecule has 1 heterocycles. The van der Waals surface area contributed by atoms with Crippen LogP contribution in [0, 0.1) is 0 Å². The Kier molecular flexibility index (Phi) is 3.04. The maximum atomic E-state index is 9.97. The minimum atomic E-state index is 0.437. The Morgan fingerprint density at radius 2 is 2.29 bits per heavy atom. The summed E-state index contributed by atoms with van der Waals surface area (Å²) in [5.74, 6) is 0.437. The van der Waals surface area contributed by atoms with Crippen LogP contribution in [0.1, 0.15) is 4.88 Å². The van der Waals surface area contributed by atoms with Crippen molar-refractivity contribution in [1.82, 2.24) is 0 Å². The Morgan fingerprint density at radius 1 is 1.50 bits per heavy atom. The summed E-state index contributed by atoms with van der Waals surface area (Å²) in [7, 11) is 0. The molecule has 0 saturated carbocycles. The lowest BCUT2D eigenvalue weighted by molar-refractivity contribution is 0.479. The van der Waals surface area contributed by atoms with E-state index < -0.39 is 0 Å². The highest BCUT2D eigenvalue weighted by molar-refractivity contribution is 9.08. The van der Waals surface area contributed by atoms with E-state index in [0.717, 1.165) is 19.9 Å². The fourth-order valence-corrected chi connectivity index (χ4v) is 3.68. The molecule has 0 radical (unpaired) electrons. The third-order valence-electron chi connectivity index (χ3n) is 2.06. The molecule has 1 nitrogen and oxygen atoms in total. The second-order valence-corrected chi connectivity index (χ2v) is 5.39. The first-order chi connectivity index (χ1) is 6.77. The number of halogens is 1. The van der Waals surface area contributed by atoms with E-state index in [0.29, 0.717) is 11.1 Å². The SMILES string of the molecule is CSc1cccc2sc(CBr)c(O)c12. The lowest BCUT2D eigenvalue weighted by Crippen LogP contribution is -1.72. The van der Waals surface area contributed by atoms with Gasteiger partial charge in [-0.1, -0.05) is 22.0 Å². The Labute approximate surface area is 99.3 Å². The van der Waals surface area contributed by atoms with E-state index in [1.807, 2.05) is 24.5 Å². The van der Waals surface area contributed by atoms with Crippen molar-refractivity contribution in [3.63, 3.8) is 0 Å². The van der Waals surface area contributed by atoms with Crippen molar-refractivity contribution in [2.45, 2.75) is 10.2 Å². The number of thiophene rings is 1. The predicted octanol–water partition coefficient (Wildman–Crippen LogP) is 4.22. The number of benzene rings is 1. The minimum Gasteiger partial charge on any atom is -0.506 e. The average molecular weight is 289 g/mol. The Morgan fingerprint density at radius 3 is 2.93 bits per heavy atom. The second kappa shape index (κ2) is 4.13. The maximum absolute atomic E-state index is 9.97. The molecular formula is C10H9BrOS2. The van der Waals surface area contributed by atoms with Crippen molar-refractivity contribution in [3.05, 3.63) is 23.1 Å². The Bertz CT molecular complexity index is 464. The molecule has 74 valence electrons. The molecule has 14 heavy (non-hydrogen) atoms. The van der Waals surface area contributed by atoms with Crippen LogP contribution in [0.15, 0.2) is 23.1 Å². The molecule has 0 amide bonds. The first-order valence-corrected chi connectivity index (χ1v) is 7.27. The van der Waals surface area contributed by atoms with Gasteiger partial charge >= 0.3 is 0 Å². The Hall–Kier alpha value is -0.190. The van der Waals surface area contributed by atoms with Gasteiger partial charge in [0, 0.05) is 20.3 Å². The molecule has 0 bridgehead atoms. The van der Waals surface area contributed by atoms with Crippen LogP contribution in [-0.4, -0.2) is 11.4 Å². The molecule has 0 aliphatic heterocycles. The summed E-state index contributed by atoms with van der Waals surface area (Å²) in [5, 5.41) is 11.7. The minimum absolute atomic E-state index is 0.437. The standard InChI is InChI=1S/C10H9BrOS2/c1-13-6-3-2-4-7-9(6)10(12)8(5-11)14-7/h2-4,12H,5H2,1H3. The lowest BCUT2D eigenvalue weighted by atomic mass is 10.2. The van der Waals surface area contributed by atoms with E-state index in [1.54, 1.807) is 23.1 Å². The first kappa shape index (κ1) is 10.3. The highest BCUT2D eigenvalue weighted by atomic mass is 79.9. The zero-order chi connectivity index (χ0) is 10.1. The van der Waals surface area contributed by atoms with Crippen LogP contribution < -0.4 is 0 Å². The van der Waals surface area contributed by atoms with Crippen LogP contribution in [-0.2, 0) is 5.33 Å². The summed E-state index contributed by atoms with van der Waals surface area (Å²) in [6.45, 7) is 0. The van der Waals surface area contributed by atoms with Gasteiger partial charge in [0.2, 0.25) is 0 Å². The smallest absolute Gasteiger partial charge is 0.139 e. The molecule has 1 aromatic carbocycles. The van der Waals surface area contributed by atoms with Crippen LogP contribution in [0.25, 0.3) is 10.1 Å². The predicted molar refractivity (Wildman–Crippen MR) is 67.9 cm³/mol. The van der Waals surface area contributed by atoms with E-state index >= 15 is 0 Å². The van der Waals surface area contributed by atoms with Gasteiger partial charge in [0.15, 0.2) is 0 Å². The largest absolute Gasteiger partial charge is 0.506 e. The molecule has 0 spiro atoms. The van der Waals surface area contributed by atoms with Crippen molar-refractivity contribution in [2.75, 3.05) is 6.26 Å². The Balaban J connectivity index is 2.79. The number of hydrogen-bond donors (Lipinski definition) is 1. The normalized spacial score (nSPS) is 11.0. The lowest BCUT2D eigenvalue weighted by Gasteiger charge is -1.98. The van der Waals surface area contributed by atoms with E-state index in [1.165, 1.54) is 0 Å². The zero-order valence-electron chi connectivity index (χ0n) is 7.58. The first-order valence-electron chi connectivity index (χ1n) is 4.11. The van der Waals surface area contributed by atoms with Crippen LogP contribution in [0.4, 0.5) is 0 Å². The van der Waals surface area contributed by atoms with E-state index in [2.05, 4.69) is 15.9 Å². The number of aromatic hydroxyl groups is 1. The van der Waals surface area contributed by atoms with E-state index in [-0.39, 0.29) is 0 Å². The number of hydrogen-bond acceptors (Lipinski definition) is 3. The van der Waals surface area contributed by atoms with Gasteiger partial charge in [0.1, 0.15) is 5.75 Å². The van der Waals surface area contributed by atoms with Crippen molar-refractivity contribution in [2.24, 2.45) is 0 Å². The summed E-state index contributed by atoms with van der Waals surface area (Å²) in [5.41, 5.74) is 0. The van der Waals surface area contributed by atoms with Gasteiger partial charge in [-0.15, -0.1) is 23.1 Å². The third-order valence-corrected chi connectivity index (χ3v) is 4.92. The summed E-state index contributed by atoms with van der Waals surface area (Å²) in [6.07, 6.45) is 2.03. The summed E-state index contributed by atoms with van der Waals surface area (Å²) >= 11 is 6.69. The molecule has 2 rings (SSSR count). The summed E-state index contributed by atoms with van der Waals surface area (Å²) in [4.78, 5) is 2.14. The number of thioether (sulfide) groups is 1. The van der Waals surface area contributed by atoms with Gasteiger partial charge in [-0.3, -0.25) is 0 Å². The molecule has 2 aromatic rings. The van der Waals surface area contributed by atoms with Crippen molar-refractivity contribution >= 4 is 49.1 Å². The van der Waals surface area contributed by atoms with Crippen LogP contribution >= 0.6 is 39.0 Å². The van der Waals surface area contributed by atoms with Crippen molar-refractivity contribution in [3.8, 4) is 5.75 Å². The average Bonchev–Trinajstić information content (AvgIpc) is 2.55. The molecule has 0 aliphatic carbocycles. The molecule has 0 saturated heterocycles. The number of rotatable bonds is 2. The number of alkyl halides is 1. The maximum Gasteiger partial charge on any atom is 0.139 e. The molecule has 4 heteroatoms. The third kappa shape index (κ3) is 1.55. The highest BCUT2D eigenvalue weighted by Crippen LogP contribution is 2.42. The highest BCUT2D eigenvalue weighted by Gasteiger charge is 2.12. The van der Waals surface area contributed by atoms with Gasteiger partial charge in [0.25, 0.3) is 0 Å². The summed E-state index contributed by atoms with van der Waals surface area (Å²) in [6, 6.07) is 6.12. The summed E-state index contributed by atoms with van der Waals surface area (Å²) < 4.78 is 1.16. The molecule has 1 aromatic heterocycles. The quantitative estimate of drug-likeness (QED) is 0.659. The molecule has 0 unspecified atom stereocenters. The van der Waals surface area contributed by atoms with Gasteiger partial charge in [-0.2, -0.15) is 0 Å². The fourth-order valence-electron chi connectivity index (χ4n) is 1.41. The van der Waals surface area contributed by atoms with E-state index in [9.17, 15) is 5.11 Å². The molecule has 0 atom stereocenters. The second-order valence-electron chi connectivity index (χ2n) is 2.84. The van der Waals surface area contributed by atoms with Crippen LogP contribution in [0.3, 0.4) is 0 Å². The van der Waals surface area contributed by atoms with Gasteiger partial charge < -0.3 is 5.11 Å². The molecule has 0 fully saturated rings. The van der Waals surface area contributed by atoms with Crippen molar-refractivity contribution in [1.29, 1.82) is 0 Å². The van der Waals surface area contributed by atoms with Crippen molar-refractivity contribution < 1.29 is 5.11 Å². The van der Waals surface area contributed by atoms with Gasteiger partial charge in [-0.25, -0.2) is 0 Å².